The molecule has 0 aliphatic heterocycles. The molecule has 2 heterocycles. The van der Waals surface area contributed by atoms with Crippen molar-refractivity contribution in [3.63, 3.8) is 0 Å². The van der Waals surface area contributed by atoms with E-state index < -0.39 is 22.6 Å². The first-order valence-corrected chi connectivity index (χ1v) is 7.01. The molecule has 0 unspecified atom stereocenters. The summed E-state index contributed by atoms with van der Waals surface area (Å²) in [6.07, 6.45) is 2.69. The van der Waals surface area contributed by atoms with E-state index in [0.717, 1.165) is 6.20 Å². The molecule has 12 heteroatoms. The Balaban J connectivity index is 2.12. The molecule has 25 heavy (non-hydrogen) atoms. The van der Waals surface area contributed by atoms with Crippen LogP contribution in [-0.4, -0.2) is 42.4 Å². The molecule has 0 saturated carbocycles. The minimum atomic E-state index is -0.707. The van der Waals surface area contributed by atoms with Gasteiger partial charge in [0.05, 0.1) is 12.5 Å². The molecule has 2 rings (SSSR count). The lowest BCUT2D eigenvalue weighted by Crippen LogP contribution is -2.27. The van der Waals surface area contributed by atoms with Gasteiger partial charge in [0.15, 0.2) is 5.82 Å². The summed E-state index contributed by atoms with van der Waals surface area (Å²) in [6.45, 7) is 0.181. The van der Waals surface area contributed by atoms with Gasteiger partial charge in [-0.05, 0) is 9.91 Å². The van der Waals surface area contributed by atoms with Gasteiger partial charge in [0.1, 0.15) is 6.20 Å². The van der Waals surface area contributed by atoms with Crippen LogP contribution in [0, 0.1) is 21.4 Å². The molecular formula is C13H14N8O4. The highest BCUT2D eigenvalue weighted by Gasteiger charge is 2.24. The van der Waals surface area contributed by atoms with Crippen LogP contribution in [0.4, 0.5) is 11.6 Å². The highest BCUT2D eigenvalue weighted by atomic mass is 16.6. The van der Waals surface area contributed by atoms with Crippen molar-refractivity contribution in [3.05, 3.63) is 34.2 Å². The van der Waals surface area contributed by atoms with E-state index >= 15 is 0 Å². The van der Waals surface area contributed by atoms with Gasteiger partial charge in [0.25, 0.3) is 5.91 Å². The first kappa shape index (κ1) is 17.6. The average Bonchev–Trinajstić information content (AvgIpc) is 3.10. The number of amides is 2. The molecule has 0 aromatic carbocycles. The van der Waals surface area contributed by atoms with Crippen molar-refractivity contribution in [2.75, 3.05) is 11.9 Å². The maximum Gasteiger partial charge on any atom is 0.382 e. The quantitative estimate of drug-likeness (QED) is 0.421. The predicted octanol–water partition coefficient (Wildman–Crippen LogP) is -0.0424. The number of hydrogen-bond acceptors (Lipinski definition) is 7. The number of nitrogens with one attached hydrogen (secondary N) is 2. The molecule has 0 aliphatic carbocycles. The number of imidazole rings is 2. The summed E-state index contributed by atoms with van der Waals surface area (Å²) < 4.78 is 2.62. The third-order valence-corrected chi connectivity index (χ3v) is 3.10. The number of carbonyl (C=O) groups excluding carboxylic acids is 2. The van der Waals surface area contributed by atoms with Crippen LogP contribution in [-0.2, 0) is 14.1 Å². The van der Waals surface area contributed by atoms with E-state index in [1.807, 2.05) is 6.07 Å². The second-order valence-electron chi connectivity index (χ2n) is 4.97. The summed E-state index contributed by atoms with van der Waals surface area (Å²) in [5.41, 5.74) is 0. The maximum absolute atomic E-state index is 12.2. The zero-order valence-electron chi connectivity index (χ0n) is 13.4. The normalized spacial score (nSPS) is 10.1. The van der Waals surface area contributed by atoms with E-state index in [2.05, 4.69) is 20.6 Å². The highest BCUT2D eigenvalue weighted by molar-refractivity contribution is 6.02. The van der Waals surface area contributed by atoms with Gasteiger partial charge < -0.3 is 29.9 Å². The number of nitrogens with zero attached hydrogens (tertiary/aromatic N) is 6. The van der Waals surface area contributed by atoms with Crippen molar-refractivity contribution in [1.82, 2.24) is 24.4 Å². The summed E-state index contributed by atoms with van der Waals surface area (Å²) in [6, 6.07) is 1.90. The summed E-state index contributed by atoms with van der Waals surface area (Å²) in [5, 5.41) is 24.1. The van der Waals surface area contributed by atoms with Crippen LogP contribution in [0.2, 0.25) is 0 Å². The lowest BCUT2D eigenvalue weighted by Gasteiger charge is -2.01. The largest absolute Gasteiger partial charge is 0.382 e. The summed E-state index contributed by atoms with van der Waals surface area (Å²) >= 11 is 0. The lowest BCUT2D eigenvalue weighted by molar-refractivity contribution is -0.389. The molecule has 0 fully saturated rings. The predicted molar refractivity (Wildman–Crippen MR) is 83.6 cm³/mol. The van der Waals surface area contributed by atoms with Crippen LogP contribution >= 0.6 is 0 Å². The van der Waals surface area contributed by atoms with Gasteiger partial charge >= 0.3 is 17.5 Å². The minimum Gasteiger partial charge on any atom is -0.358 e. The summed E-state index contributed by atoms with van der Waals surface area (Å²) in [7, 11) is 3.01. The maximum atomic E-state index is 12.2. The molecule has 2 aromatic rings. The SMILES string of the molecule is Cn1cc(NC(=O)c2nc([N+](=O)[O-])cn2C)nc1C(=O)NCCC#N. The molecule has 0 bridgehead atoms. The zero-order chi connectivity index (χ0) is 18.6. The molecule has 2 aromatic heterocycles. The molecule has 0 radical (unpaired) electrons. The fourth-order valence-corrected chi connectivity index (χ4v) is 1.97. The van der Waals surface area contributed by atoms with E-state index in [0.29, 0.717) is 0 Å². The summed E-state index contributed by atoms with van der Waals surface area (Å²) in [4.78, 5) is 41.7. The van der Waals surface area contributed by atoms with E-state index in [9.17, 15) is 19.7 Å². The zero-order valence-corrected chi connectivity index (χ0v) is 13.4. The van der Waals surface area contributed by atoms with Crippen LogP contribution in [0.1, 0.15) is 27.7 Å². The van der Waals surface area contributed by atoms with Crippen LogP contribution < -0.4 is 10.6 Å². The van der Waals surface area contributed by atoms with E-state index in [1.54, 1.807) is 7.05 Å². The van der Waals surface area contributed by atoms with Crippen LogP contribution in [0.5, 0.6) is 0 Å². The number of aromatic nitrogens is 4. The molecule has 2 amide bonds. The van der Waals surface area contributed by atoms with Crippen molar-refractivity contribution in [1.29, 1.82) is 5.26 Å². The topological polar surface area (TPSA) is 161 Å². The molecule has 0 spiro atoms. The Morgan fingerprint density at radius 3 is 2.48 bits per heavy atom. The van der Waals surface area contributed by atoms with Gasteiger partial charge in [-0.25, -0.2) is 4.98 Å². The van der Waals surface area contributed by atoms with E-state index in [-0.39, 0.29) is 30.4 Å². The number of aryl methyl sites for hydroxylation is 2. The molecular weight excluding hydrogens is 332 g/mol. The third kappa shape index (κ3) is 3.96. The van der Waals surface area contributed by atoms with Gasteiger partial charge in [-0.2, -0.15) is 5.26 Å². The van der Waals surface area contributed by atoms with Crippen LogP contribution in [0.25, 0.3) is 0 Å². The number of anilines is 1. The molecule has 0 atom stereocenters. The molecule has 130 valence electrons. The average molecular weight is 346 g/mol. The third-order valence-electron chi connectivity index (χ3n) is 3.10. The Bertz CT molecular complexity index is 875. The Labute approximate surface area is 141 Å². The van der Waals surface area contributed by atoms with E-state index in [1.165, 1.54) is 22.4 Å². The Morgan fingerprint density at radius 2 is 1.88 bits per heavy atom. The molecule has 0 aliphatic rings. The second kappa shape index (κ2) is 7.21. The summed E-state index contributed by atoms with van der Waals surface area (Å²) in [5.74, 6) is -1.69. The van der Waals surface area contributed by atoms with Crippen molar-refractivity contribution >= 4 is 23.5 Å². The molecule has 2 N–H and O–H groups in total. The fraction of sp³-hybridized carbons (Fsp3) is 0.308. The Kier molecular flexibility index (Phi) is 5.08. The number of nitro groups is 1. The monoisotopic (exact) mass is 346 g/mol. The lowest BCUT2D eigenvalue weighted by atomic mass is 10.4. The van der Waals surface area contributed by atoms with Crippen molar-refractivity contribution in [2.24, 2.45) is 14.1 Å². The molecule has 12 nitrogen and oxygen atoms in total. The minimum absolute atomic E-state index is 0.0408. The van der Waals surface area contributed by atoms with Crippen molar-refractivity contribution < 1.29 is 14.5 Å². The van der Waals surface area contributed by atoms with Gasteiger partial charge in [-0.15, -0.1) is 0 Å². The number of carbonyl (C=O) groups is 2. The van der Waals surface area contributed by atoms with Crippen LogP contribution in [0.3, 0.4) is 0 Å². The molecule has 0 saturated heterocycles. The van der Waals surface area contributed by atoms with Crippen molar-refractivity contribution in [3.8, 4) is 6.07 Å². The fourth-order valence-electron chi connectivity index (χ4n) is 1.97. The van der Waals surface area contributed by atoms with Gasteiger partial charge in [-0.1, -0.05) is 0 Å². The number of nitriles is 1. The standard InChI is InChI=1S/C13H14N8O4/c1-19-6-8(16-10(19)12(22)15-5-3-4-14)17-13(23)11-18-9(21(24)25)7-20(11)2/h6-7H,3,5H2,1-2H3,(H,15,22)(H,17,23). The highest BCUT2D eigenvalue weighted by Crippen LogP contribution is 2.12. The van der Waals surface area contributed by atoms with Gasteiger partial charge in [-0.3, -0.25) is 9.59 Å². The number of hydrogen-bond donors (Lipinski definition) is 2. The second-order valence-corrected chi connectivity index (χ2v) is 4.97. The van der Waals surface area contributed by atoms with Gasteiger partial charge in [0, 0.05) is 26.8 Å². The Hall–Kier alpha value is -3.75. The van der Waals surface area contributed by atoms with Crippen molar-refractivity contribution in [2.45, 2.75) is 6.42 Å². The van der Waals surface area contributed by atoms with Crippen LogP contribution in [0.15, 0.2) is 12.4 Å². The number of rotatable bonds is 6. The van der Waals surface area contributed by atoms with Gasteiger partial charge in [0.2, 0.25) is 5.82 Å². The Morgan fingerprint density at radius 1 is 1.24 bits per heavy atom. The smallest absolute Gasteiger partial charge is 0.358 e. The first-order chi connectivity index (χ1) is 11.8. The first-order valence-electron chi connectivity index (χ1n) is 7.01. The van der Waals surface area contributed by atoms with E-state index in [4.69, 9.17) is 5.26 Å².